The van der Waals surface area contributed by atoms with Crippen molar-refractivity contribution < 1.29 is 0 Å². The number of aromatic nitrogens is 2. The number of nitrogens with zero attached hydrogens (tertiary/aromatic N) is 4. The average molecular weight is 595 g/mol. The summed E-state index contributed by atoms with van der Waals surface area (Å²) in [5.41, 5.74) is 9.00. The third-order valence-electron chi connectivity index (χ3n) is 10.4. The second-order valence-corrected chi connectivity index (χ2v) is 16.6. The average Bonchev–Trinajstić information content (AvgIpc) is 3.71. The number of para-hydroxylation sites is 2. The number of hydrogen-bond donors (Lipinski definition) is 0. The molecule has 2 aromatic heterocycles. The van der Waals surface area contributed by atoms with Crippen molar-refractivity contribution in [3.8, 4) is 16.9 Å². The largest absolute Gasteiger partial charge is 0.355 e. The van der Waals surface area contributed by atoms with Gasteiger partial charge in [0.15, 0.2) is 0 Å². The van der Waals surface area contributed by atoms with Crippen molar-refractivity contribution in [3.05, 3.63) is 134 Å². The molecule has 0 spiro atoms. The number of benzene rings is 6. The second-order valence-electron chi connectivity index (χ2n) is 12.7. The molecule has 0 saturated heterocycles. The summed E-state index contributed by atoms with van der Waals surface area (Å²) in [4.78, 5) is 9.64. The third-order valence-corrected chi connectivity index (χ3v) is 14.8. The van der Waals surface area contributed by atoms with Gasteiger partial charge in [-0.2, -0.15) is 0 Å². The molecule has 0 bridgehead atoms. The van der Waals surface area contributed by atoms with Gasteiger partial charge >= 0.3 is 0 Å². The van der Waals surface area contributed by atoms with Crippen LogP contribution in [0.3, 0.4) is 0 Å². The summed E-state index contributed by atoms with van der Waals surface area (Å²) in [7, 11) is -0.238. The van der Waals surface area contributed by atoms with E-state index in [9.17, 15) is 0 Å². The molecule has 0 unspecified atom stereocenters. The molecular weight excluding hydrogens is 565 g/mol. The van der Waals surface area contributed by atoms with E-state index in [1.807, 2.05) is 12.3 Å². The van der Waals surface area contributed by atoms with E-state index in [0.29, 0.717) is 0 Å². The summed E-state index contributed by atoms with van der Waals surface area (Å²) < 4.78 is 2.38. The lowest BCUT2D eigenvalue weighted by atomic mass is 10.0. The van der Waals surface area contributed by atoms with Crippen LogP contribution in [0.25, 0.3) is 49.5 Å². The van der Waals surface area contributed by atoms with E-state index < -0.39 is 8.07 Å². The van der Waals surface area contributed by atoms with Crippen LogP contribution in [-0.2, 0) is 0 Å². The lowest BCUT2D eigenvalue weighted by Crippen LogP contribution is -2.62. The minimum atomic E-state index is -2.42. The highest BCUT2D eigenvalue weighted by molar-refractivity contribution is 7.13. The monoisotopic (exact) mass is 594 g/mol. The van der Waals surface area contributed by atoms with Gasteiger partial charge in [-0.15, -0.1) is 0 Å². The predicted octanol–water partition coefficient (Wildman–Crippen LogP) is 7.40. The maximum Gasteiger partial charge on any atom is 0.147 e. The standard InChI is InChI=1S/C40H30N4Si/c1-42-25-43(33-13-5-4-12-32(33)42)28-19-20-31-30-11-3-6-15-36(30)45(2,37(31)23-28)29-22-27-18-17-26-10-9-14-34-39(26)40(27)35(24-29)44(34)38-16-7-8-21-41-38/h3-24H,25H2,1-2H3/t45-/m1/s1. The Labute approximate surface area is 262 Å². The Morgan fingerprint density at radius 1 is 0.622 bits per heavy atom. The van der Waals surface area contributed by atoms with E-state index in [4.69, 9.17) is 4.98 Å². The smallest absolute Gasteiger partial charge is 0.147 e. The molecule has 45 heavy (non-hydrogen) atoms. The second kappa shape index (κ2) is 8.84. The molecule has 2 aliphatic heterocycles. The van der Waals surface area contributed by atoms with Crippen molar-refractivity contribution in [1.82, 2.24) is 9.55 Å². The first-order valence-electron chi connectivity index (χ1n) is 15.6. The zero-order valence-corrected chi connectivity index (χ0v) is 26.2. The molecule has 6 aromatic carbocycles. The number of rotatable bonds is 3. The van der Waals surface area contributed by atoms with Crippen molar-refractivity contribution in [2.24, 2.45) is 0 Å². The van der Waals surface area contributed by atoms with Crippen LogP contribution < -0.4 is 25.4 Å². The van der Waals surface area contributed by atoms with Gasteiger partial charge < -0.3 is 9.80 Å². The quantitative estimate of drug-likeness (QED) is 0.157. The first-order chi connectivity index (χ1) is 22.1. The molecule has 0 N–H and O–H groups in total. The molecule has 0 aliphatic carbocycles. The normalized spacial score (nSPS) is 17.0. The van der Waals surface area contributed by atoms with Gasteiger partial charge in [0.25, 0.3) is 0 Å². The molecule has 0 radical (unpaired) electrons. The van der Waals surface area contributed by atoms with E-state index in [1.54, 1.807) is 0 Å². The highest BCUT2D eigenvalue weighted by Crippen LogP contribution is 2.42. The summed E-state index contributed by atoms with van der Waals surface area (Å²) in [6.45, 7) is 3.40. The molecule has 2 aliphatic rings. The van der Waals surface area contributed by atoms with Crippen LogP contribution in [0.1, 0.15) is 0 Å². The Bertz CT molecular complexity index is 2460. The van der Waals surface area contributed by atoms with Crippen molar-refractivity contribution in [3.63, 3.8) is 0 Å². The van der Waals surface area contributed by atoms with E-state index in [1.165, 1.54) is 76.3 Å². The molecule has 0 saturated carbocycles. The highest BCUT2D eigenvalue weighted by atomic mass is 28.3. The molecular formula is C40H30N4Si. The molecule has 10 rings (SSSR count). The Kier molecular flexibility index (Phi) is 4.91. The molecule has 1 atom stereocenters. The maximum atomic E-state index is 4.84. The fraction of sp³-hybridized carbons (Fsp3) is 0.0750. The first-order valence-corrected chi connectivity index (χ1v) is 18.1. The Balaban J connectivity index is 1.26. The molecule has 4 heterocycles. The molecule has 5 heteroatoms. The van der Waals surface area contributed by atoms with Gasteiger partial charge in [0, 0.05) is 29.7 Å². The minimum Gasteiger partial charge on any atom is -0.355 e. The van der Waals surface area contributed by atoms with Crippen LogP contribution in [0.4, 0.5) is 17.1 Å². The molecule has 8 aromatic rings. The van der Waals surface area contributed by atoms with Crippen molar-refractivity contribution in [1.29, 1.82) is 0 Å². The van der Waals surface area contributed by atoms with Crippen molar-refractivity contribution in [2.75, 3.05) is 23.5 Å². The molecule has 214 valence electrons. The van der Waals surface area contributed by atoms with Crippen LogP contribution in [0.5, 0.6) is 0 Å². The van der Waals surface area contributed by atoms with Crippen molar-refractivity contribution in [2.45, 2.75) is 6.55 Å². The predicted molar refractivity (Wildman–Crippen MR) is 192 cm³/mol. The zero-order chi connectivity index (χ0) is 29.9. The van der Waals surface area contributed by atoms with Crippen LogP contribution in [0.2, 0.25) is 6.55 Å². The SMILES string of the molecule is CN1CN(c2ccc3c(c2)[Si@](C)(c2cc4ccc5cccc6c5c4c(c2)n6-c2ccccn2)c2ccccc2-3)c2ccccc21. The van der Waals surface area contributed by atoms with Crippen LogP contribution in [0.15, 0.2) is 134 Å². The van der Waals surface area contributed by atoms with E-state index in [0.717, 1.165) is 12.5 Å². The number of hydrogen-bond acceptors (Lipinski definition) is 3. The third kappa shape index (κ3) is 3.23. The van der Waals surface area contributed by atoms with Gasteiger partial charge in [0.1, 0.15) is 13.9 Å². The fourth-order valence-electron chi connectivity index (χ4n) is 8.27. The topological polar surface area (TPSA) is 24.3 Å². The van der Waals surface area contributed by atoms with Gasteiger partial charge in [-0.3, -0.25) is 4.57 Å². The summed E-state index contributed by atoms with van der Waals surface area (Å²) in [6.07, 6.45) is 1.90. The van der Waals surface area contributed by atoms with Gasteiger partial charge in [0.05, 0.1) is 29.1 Å². The van der Waals surface area contributed by atoms with E-state index in [2.05, 4.69) is 149 Å². The van der Waals surface area contributed by atoms with Crippen LogP contribution in [0, 0.1) is 0 Å². The number of fused-ring (bicyclic) bond motifs is 4. The van der Waals surface area contributed by atoms with E-state index >= 15 is 0 Å². The molecule has 4 nitrogen and oxygen atoms in total. The maximum absolute atomic E-state index is 4.84. The molecule has 0 amide bonds. The number of anilines is 3. The Hall–Kier alpha value is -5.39. The Morgan fingerprint density at radius 3 is 2.29 bits per heavy atom. The lowest BCUT2D eigenvalue weighted by Gasteiger charge is -2.28. The minimum absolute atomic E-state index is 0.844. The molecule has 0 fully saturated rings. The highest BCUT2D eigenvalue weighted by Gasteiger charge is 2.44. The van der Waals surface area contributed by atoms with Crippen molar-refractivity contribution >= 4 is 73.3 Å². The lowest BCUT2D eigenvalue weighted by molar-refractivity contribution is 0.950. The van der Waals surface area contributed by atoms with Crippen LogP contribution in [-0.4, -0.2) is 31.3 Å². The van der Waals surface area contributed by atoms with Crippen LogP contribution >= 0.6 is 0 Å². The van der Waals surface area contributed by atoms with Gasteiger partial charge in [-0.1, -0.05) is 85.4 Å². The fourth-order valence-corrected chi connectivity index (χ4v) is 12.4. The summed E-state index contributed by atoms with van der Waals surface area (Å²) in [6, 6.07) is 47.5. The van der Waals surface area contributed by atoms with E-state index in [-0.39, 0.29) is 0 Å². The van der Waals surface area contributed by atoms with Gasteiger partial charge in [-0.05, 0) is 86.0 Å². The summed E-state index contributed by atoms with van der Waals surface area (Å²) >= 11 is 0. The zero-order valence-electron chi connectivity index (χ0n) is 25.2. The first kappa shape index (κ1) is 25.0. The van der Waals surface area contributed by atoms with Gasteiger partial charge in [-0.25, -0.2) is 4.98 Å². The van der Waals surface area contributed by atoms with Gasteiger partial charge in [0.2, 0.25) is 0 Å². The summed E-state index contributed by atoms with van der Waals surface area (Å²) in [5, 5.41) is 9.62. The Morgan fingerprint density at radius 2 is 1.40 bits per heavy atom. The number of pyridine rings is 1. The summed E-state index contributed by atoms with van der Waals surface area (Å²) in [5.74, 6) is 0.956.